The molecule has 0 bridgehead atoms. The zero-order valence-corrected chi connectivity index (χ0v) is 12.8. The van der Waals surface area contributed by atoms with Crippen LogP contribution in [-0.2, 0) is 0 Å². The molecule has 0 radical (unpaired) electrons. The summed E-state index contributed by atoms with van der Waals surface area (Å²) in [6, 6.07) is 6.61. The Morgan fingerprint density at radius 2 is 2.05 bits per heavy atom. The molecule has 3 rings (SSSR count). The Kier molecular flexibility index (Phi) is 4.85. The molecule has 1 aliphatic heterocycles. The molecule has 0 amide bonds. The van der Waals surface area contributed by atoms with Crippen LogP contribution in [0.2, 0.25) is 0 Å². The molecule has 2 aromatic heterocycles. The van der Waals surface area contributed by atoms with Crippen LogP contribution >= 0.6 is 11.3 Å². The predicted molar refractivity (Wildman–Crippen MR) is 86.8 cm³/mol. The lowest BCUT2D eigenvalue weighted by atomic mass is 10.0. The van der Waals surface area contributed by atoms with Crippen LogP contribution in [0.15, 0.2) is 41.4 Å². The van der Waals surface area contributed by atoms with Gasteiger partial charge in [0.15, 0.2) is 0 Å². The minimum Gasteiger partial charge on any atom is -0.387 e. The standard InChI is InChI=1S/C16H21N3OS/c20-16(13-5-10-21-12-13)11-18-14-3-8-19(9-4-14)15-1-6-17-7-2-15/h1-2,5-7,10,12,14,16,18,20H,3-4,8-9,11H2. The van der Waals surface area contributed by atoms with Crippen molar-refractivity contribution in [2.45, 2.75) is 25.0 Å². The minimum absolute atomic E-state index is 0.394. The number of nitrogens with one attached hydrogen (secondary N) is 1. The van der Waals surface area contributed by atoms with Gasteiger partial charge in [0.05, 0.1) is 6.10 Å². The highest BCUT2D eigenvalue weighted by Crippen LogP contribution is 2.20. The summed E-state index contributed by atoms with van der Waals surface area (Å²) in [4.78, 5) is 6.46. The van der Waals surface area contributed by atoms with E-state index < -0.39 is 6.10 Å². The van der Waals surface area contributed by atoms with Crippen molar-refractivity contribution in [2.75, 3.05) is 24.5 Å². The third kappa shape index (κ3) is 3.81. The van der Waals surface area contributed by atoms with Gasteiger partial charge in [-0.05, 0) is 47.4 Å². The zero-order valence-electron chi connectivity index (χ0n) is 12.0. The summed E-state index contributed by atoms with van der Waals surface area (Å²) >= 11 is 1.63. The molecule has 2 aromatic rings. The van der Waals surface area contributed by atoms with E-state index in [-0.39, 0.29) is 0 Å². The SMILES string of the molecule is OC(CNC1CCN(c2ccncc2)CC1)c1ccsc1. The molecule has 0 aromatic carbocycles. The first-order chi connectivity index (χ1) is 10.3. The van der Waals surface area contributed by atoms with Crippen molar-refractivity contribution in [1.82, 2.24) is 10.3 Å². The monoisotopic (exact) mass is 303 g/mol. The van der Waals surface area contributed by atoms with E-state index in [1.807, 2.05) is 29.2 Å². The van der Waals surface area contributed by atoms with Crippen molar-refractivity contribution < 1.29 is 5.11 Å². The number of aliphatic hydroxyl groups excluding tert-OH is 1. The van der Waals surface area contributed by atoms with Crippen molar-refractivity contribution in [1.29, 1.82) is 0 Å². The quantitative estimate of drug-likeness (QED) is 0.891. The first-order valence-corrected chi connectivity index (χ1v) is 8.36. The Balaban J connectivity index is 1.44. The molecule has 112 valence electrons. The first-order valence-electron chi connectivity index (χ1n) is 7.41. The molecule has 3 heterocycles. The van der Waals surface area contributed by atoms with Crippen LogP contribution in [0, 0.1) is 0 Å². The average Bonchev–Trinajstić information content (AvgIpc) is 3.08. The van der Waals surface area contributed by atoms with Gasteiger partial charge in [-0.3, -0.25) is 4.98 Å². The summed E-state index contributed by atoms with van der Waals surface area (Å²) in [5, 5.41) is 17.6. The number of nitrogens with zero attached hydrogens (tertiary/aromatic N) is 2. The van der Waals surface area contributed by atoms with Gasteiger partial charge in [0.2, 0.25) is 0 Å². The number of aliphatic hydroxyl groups is 1. The molecule has 21 heavy (non-hydrogen) atoms. The van der Waals surface area contributed by atoms with E-state index in [2.05, 4.69) is 27.3 Å². The van der Waals surface area contributed by atoms with E-state index in [1.54, 1.807) is 11.3 Å². The molecule has 1 atom stereocenters. The molecule has 4 nitrogen and oxygen atoms in total. The van der Waals surface area contributed by atoms with E-state index in [0.29, 0.717) is 12.6 Å². The molecule has 1 unspecified atom stereocenters. The smallest absolute Gasteiger partial charge is 0.0922 e. The number of rotatable bonds is 5. The molecule has 1 fully saturated rings. The maximum absolute atomic E-state index is 10.1. The molecule has 2 N–H and O–H groups in total. The largest absolute Gasteiger partial charge is 0.387 e. The third-order valence-corrected chi connectivity index (χ3v) is 4.75. The predicted octanol–water partition coefficient (Wildman–Crippen LogP) is 2.44. The van der Waals surface area contributed by atoms with Crippen LogP contribution < -0.4 is 10.2 Å². The Labute approximate surface area is 129 Å². The van der Waals surface area contributed by atoms with Gasteiger partial charge in [-0.1, -0.05) is 0 Å². The van der Waals surface area contributed by atoms with Crippen LogP contribution in [0.1, 0.15) is 24.5 Å². The van der Waals surface area contributed by atoms with Crippen molar-refractivity contribution >= 4 is 17.0 Å². The number of pyridine rings is 1. The highest BCUT2D eigenvalue weighted by atomic mass is 32.1. The molecule has 0 spiro atoms. The first kappa shape index (κ1) is 14.5. The van der Waals surface area contributed by atoms with E-state index in [1.165, 1.54) is 5.69 Å². The summed E-state index contributed by atoms with van der Waals surface area (Å²) in [5.74, 6) is 0. The Morgan fingerprint density at radius 3 is 2.71 bits per heavy atom. The van der Waals surface area contributed by atoms with E-state index >= 15 is 0 Å². The second-order valence-electron chi connectivity index (χ2n) is 5.45. The third-order valence-electron chi connectivity index (χ3n) is 4.05. The van der Waals surface area contributed by atoms with Gasteiger partial charge in [-0.25, -0.2) is 0 Å². The maximum atomic E-state index is 10.1. The lowest BCUT2D eigenvalue weighted by Crippen LogP contribution is -2.43. The fourth-order valence-electron chi connectivity index (χ4n) is 2.76. The molecule has 0 aliphatic carbocycles. The fraction of sp³-hybridized carbons (Fsp3) is 0.438. The summed E-state index contributed by atoms with van der Waals surface area (Å²) in [6.07, 6.45) is 5.51. The second kappa shape index (κ2) is 7.02. The Morgan fingerprint density at radius 1 is 1.29 bits per heavy atom. The van der Waals surface area contributed by atoms with Crippen LogP contribution in [0.5, 0.6) is 0 Å². The van der Waals surface area contributed by atoms with Gasteiger partial charge in [-0.15, -0.1) is 0 Å². The normalized spacial score (nSPS) is 17.9. The van der Waals surface area contributed by atoms with E-state index in [4.69, 9.17) is 0 Å². The molecular weight excluding hydrogens is 282 g/mol. The van der Waals surface area contributed by atoms with Crippen molar-refractivity contribution in [3.05, 3.63) is 46.9 Å². The van der Waals surface area contributed by atoms with Crippen molar-refractivity contribution in [2.24, 2.45) is 0 Å². The number of hydrogen-bond donors (Lipinski definition) is 2. The maximum Gasteiger partial charge on any atom is 0.0922 e. The summed E-state index contributed by atoms with van der Waals surface area (Å²) in [5.41, 5.74) is 2.27. The highest BCUT2D eigenvalue weighted by Gasteiger charge is 2.20. The summed E-state index contributed by atoms with van der Waals surface area (Å²) < 4.78 is 0. The number of hydrogen-bond acceptors (Lipinski definition) is 5. The molecule has 0 saturated carbocycles. The molecule has 5 heteroatoms. The minimum atomic E-state index is -0.394. The van der Waals surface area contributed by atoms with Gasteiger partial charge < -0.3 is 15.3 Å². The van der Waals surface area contributed by atoms with E-state index in [9.17, 15) is 5.11 Å². The second-order valence-corrected chi connectivity index (χ2v) is 6.23. The van der Waals surface area contributed by atoms with Gasteiger partial charge in [-0.2, -0.15) is 11.3 Å². The highest BCUT2D eigenvalue weighted by molar-refractivity contribution is 7.07. The molecule has 1 saturated heterocycles. The number of anilines is 1. The zero-order chi connectivity index (χ0) is 14.5. The molecular formula is C16H21N3OS. The topological polar surface area (TPSA) is 48.4 Å². The fourth-order valence-corrected chi connectivity index (χ4v) is 3.46. The average molecular weight is 303 g/mol. The van der Waals surface area contributed by atoms with Crippen LogP contribution in [0.4, 0.5) is 5.69 Å². The summed E-state index contributed by atoms with van der Waals surface area (Å²) in [7, 11) is 0. The number of thiophene rings is 1. The van der Waals surface area contributed by atoms with Gasteiger partial charge in [0.25, 0.3) is 0 Å². The number of piperidine rings is 1. The van der Waals surface area contributed by atoms with Gasteiger partial charge in [0.1, 0.15) is 0 Å². The Hall–Kier alpha value is -1.43. The lowest BCUT2D eigenvalue weighted by Gasteiger charge is -2.34. The van der Waals surface area contributed by atoms with Crippen LogP contribution in [0.25, 0.3) is 0 Å². The van der Waals surface area contributed by atoms with Crippen molar-refractivity contribution in [3.63, 3.8) is 0 Å². The van der Waals surface area contributed by atoms with Gasteiger partial charge in [0, 0.05) is 43.8 Å². The van der Waals surface area contributed by atoms with Crippen LogP contribution in [-0.4, -0.2) is 35.8 Å². The number of aromatic nitrogens is 1. The van der Waals surface area contributed by atoms with Crippen LogP contribution in [0.3, 0.4) is 0 Å². The van der Waals surface area contributed by atoms with Crippen molar-refractivity contribution in [3.8, 4) is 0 Å². The summed E-state index contributed by atoms with van der Waals surface area (Å²) in [6.45, 7) is 2.74. The van der Waals surface area contributed by atoms with Gasteiger partial charge >= 0.3 is 0 Å². The van der Waals surface area contributed by atoms with E-state index in [0.717, 1.165) is 31.5 Å². The lowest BCUT2D eigenvalue weighted by molar-refractivity contribution is 0.167. The Bertz CT molecular complexity index is 524. The molecule has 1 aliphatic rings.